The molecule has 0 saturated carbocycles. The number of nitrogens with one attached hydrogen (secondary N) is 1. The maximum Gasteiger partial charge on any atom is 0.330 e. The van der Waals surface area contributed by atoms with Gasteiger partial charge in [0.1, 0.15) is 0 Å². The van der Waals surface area contributed by atoms with Gasteiger partial charge in [0.05, 0.1) is 4.92 Å². The Bertz CT molecular complexity index is 671. The number of carboxylic acid groups (broad SMARTS) is 1. The second-order valence-corrected chi connectivity index (χ2v) is 4.64. The molecule has 0 fully saturated rings. The first kappa shape index (κ1) is 14.5. The molecule has 0 spiro atoms. The molecular weight excluding hydrogens is 272 g/mol. The fraction of sp³-hybridized carbons (Fsp3) is 0.133. The van der Waals surface area contributed by atoms with Crippen molar-refractivity contribution in [2.24, 2.45) is 0 Å². The van der Waals surface area contributed by atoms with Gasteiger partial charge < -0.3 is 10.4 Å². The SMILES string of the molecule is Cc1cc(NC(C(=O)O)c2ccccc2)cc([N+](=O)[O-])c1. The van der Waals surface area contributed by atoms with Gasteiger partial charge in [0.15, 0.2) is 6.04 Å². The number of non-ortho nitro benzene ring substituents is 1. The maximum atomic E-state index is 11.4. The average molecular weight is 286 g/mol. The zero-order valence-electron chi connectivity index (χ0n) is 11.3. The maximum absolute atomic E-state index is 11.4. The van der Waals surface area contributed by atoms with E-state index in [-0.39, 0.29) is 5.69 Å². The third-order valence-corrected chi connectivity index (χ3v) is 2.96. The average Bonchev–Trinajstić information content (AvgIpc) is 2.44. The lowest BCUT2D eigenvalue weighted by Crippen LogP contribution is -2.20. The van der Waals surface area contributed by atoms with E-state index in [2.05, 4.69) is 5.32 Å². The molecule has 0 aliphatic rings. The number of carbonyl (C=O) groups is 1. The molecule has 0 radical (unpaired) electrons. The van der Waals surface area contributed by atoms with Crippen molar-refractivity contribution in [3.8, 4) is 0 Å². The van der Waals surface area contributed by atoms with E-state index in [0.29, 0.717) is 16.8 Å². The summed E-state index contributed by atoms with van der Waals surface area (Å²) in [5, 5.41) is 23.0. The quantitative estimate of drug-likeness (QED) is 0.650. The number of aryl methyl sites for hydroxylation is 1. The lowest BCUT2D eigenvalue weighted by molar-refractivity contribution is -0.384. The number of carboxylic acids is 1. The van der Waals surface area contributed by atoms with Crippen LogP contribution < -0.4 is 5.32 Å². The lowest BCUT2D eigenvalue weighted by Gasteiger charge is -2.16. The summed E-state index contributed by atoms with van der Waals surface area (Å²) in [6.07, 6.45) is 0. The third-order valence-electron chi connectivity index (χ3n) is 2.96. The van der Waals surface area contributed by atoms with Crippen molar-refractivity contribution in [1.82, 2.24) is 0 Å². The number of hydrogen-bond donors (Lipinski definition) is 2. The number of rotatable bonds is 5. The van der Waals surface area contributed by atoms with Gasteiger partial charge in [-0.3, -0.25) is 10.1 Å². The summed E-state index contributed by atoms with van der Waals surface area (Å²) in [5.41, 5.74) is 1.59. The van der Waals surface area contributed by atoms with E-state index in [9.17, 15) is 20.0 Å². The molecule has 2 aromatic carbocycles. The predicted octanol–water partition coefficient (Wildman–Crippen LogP) is 3.14. The molecule has 108 valence electrons. The third kappa shape index (κ3) is 3.56. The van der Waals surface area contributed by atoms with E-state index < -0.39 is 16.9 Å². The van der Waals surface area contributed by atoms with Crippen LogP contribution in [-0.2, 0) is 4.79 Å². The first-order chi connectivity index (χ1) is 9.97. The van der Waals surface area contributed by atoms with Crippen LogP contribution in [0.25, 0.3) is 0 Å². The van der Waals surface area contributed by atoms with Crippen LogP contribution >= 0.6 is 0 Å². The molecule has 0 amide bonds. The zero-order chi connectivity index (χ0) is 15.4. The Morgan fingerprint density at radius 1 is 1.24 bits per heavy atom. The highest BCUT2D eigenvalue weighted by atomic mass is 16.6. The zero-order valence-corrected chi connectivity index (χ0v) is 11.3. The molecule has 2 rings (SSSR count). The molecule has 2 aromatic rings. The van der Waals surface area contributed by atoms with Crippen LogP contribution in [0.15, 0.2) is 48.5 Å². The van der Waals surface area contributed by atoms with Crippen molar-refractivity contribution < 1.29 is 14.8 Å². The highest BCUT2D eigenvalue weighted by Crippen LogP contribution is 2.25. The van der Waals surface area contributed by atoms with Gasteiger partial charge in [-0.1, -0.05) is 30.3 Å². The van der Waals surface area contributed by atoms with Gasteiger partial charge in [0.25, 0.3) is 5.69 Å². The van der Waals surface area contributed by atoms with Crippen LogP contribution in [0.3, 0.4) is 0 Å². The molecule has 0 heterocycles. The topological polar surface area (TPSA) is 92.5 Å². The largest absolute Gasteiger partial charge is 0.479 e. The highest BCUT2D eigenvalue weighted by Gasteiger charge is 2.20. The molecule has 0 bridgehead atoms. The van der Waals surface area contributed by atoms with Gasteiger partial charge in [-0.15, -0.1) is 0 Å². The predicted molar refractivity (Wildman–Crippen MR) is 78.3 cm³/mol. The molecular formula is C15H14N2O4. The first-order valence-corrected chi connectivity index (χ1v) is 6.28. The van der Waals surface area contributed by atoms with Gasteiger partial charge in [-0.05, 0) is 24.1 Å². The number of hydrogen-bond acceptors (Lipinski definition) is 4. The summed E-state index contributed by atoms with van der Waals surface area (Å²) >= 11 is 0. The standard InChI is InChI=1S/C15H14N2O4/c1-10-7-12(9-13(8-10)17(20)21)16-14(15(18)19)11-5-3-2-4-6-11/h2-9,14,16H,1H3,(H,18,19). The van der Waals surface area contributed by atoms with Crippen molar-refractivity contribution in [3.63, 3.8) is 0 Å². The van der Waals surface area contributed by atoms with Crippen LogP contribution in [0.4, 0.5) is 11.4 Å². The minimum atomic E-state index is -1.05. The minimum absolute atomic E-state index is 0.0744. The van der Waals surface area contributed by atoms with E-state index in [1.165, 1.54) is 12.1 Å². The molecule has 21 heavy (non-hydrogen) atoms. The molecule has 1 unspecified atom stereocenters. The second kappa shape index (κ2) is 6.04. The summed E-state index contributed by atoms with van der Waals surface area (Å²) in [5.74, 6) is -1.05. The van der Waals surface area contributed by atoms with E-state index >= 15 is 0 Å². The van der Waals surface area contributed by atoms with Gasteiger partial charge in [0, 0.05) is 17.8 Å². The van der Waals surface area contributed by atoms with E-state index in [0.717, 1.165) is 0 Å². The normalized spacial score (nSPS) is 11.7. The highest BCUT2D eigenvalue weighted by molar-refractivity contribution is 5.79. The molecule has 2 N–H and O–H groups in total. The molecule has 6 heteroatoms. The fourth-order valence-electron chi connectivity index (χ4n) is 2.05. The molecule has 0 aliphatic carbocycles. The molecule has 1 atom stereocenters. The van der Waals surface area contributed by atoms with Crippen LogP contribution in [0.2, 0.25) is 0 Å². The summed E-state index contributed by atoms with van der Waals surface area (Å²) in [7, 11) is 0. The number of anilines is 1. The molecule has 0 aliphatic heterocycles. The Balaban J connectivity index is 2.34. The Hall–Kier alpha value is -2.89. The summed E-state index contributed by atoms with van der Waals surface area (Å²) in [4.78, 5) is 21.8. The monoisotopic (exact) mass is 286 g/mol. The Kier molecular flexibility index (Phi) is 4.18. The van der Waals surface area contributed by atoms with Gasteiger partial charge in [-0.2, -0.15) is 0 Å². The number of nitro groups is 1. The summed E-state index contributed by atoms with van der Waals surface area (Å²) < 4.78 is 0. The number of aliphatic carboxylic acids is 1. The van der Waals surface area contributed by atoms with Crippen molar-refractivity contribution >= 4 is 17.3 Å². The Morgan fingerprint density at radius 3 is 2.48 bits per heavy atom. The van der Waals surface area contributed by atoms with E-state index in [1.807, 2.05) is 0 Å². The van der Waals surface area contributed by atoms with Crippen molar-refractivity contribution in [1.29, 1.82) is 0 Å². The van der Waals surface area contributed by atoms with Gasteiger partial charge in [0.2, 0.25) is 0 Å². The van der Waals surface area contributed by atoms with E-state index in [4.69, 9.17) is 0 Å². The van der Waals surface area contributed by atoms with Crippen LogP contribution in [0.5, 0.6) is 0 Å². The number of nitro benzene ring substituents is 1. The Labute approximate surface area is 121 Å². The van der Waals surface area contributed by atoms with Crippen molar-refractivity contribution in [3.05, 3.63) is 69.8 Å². The van der Waals surface area contributed by atoms with Crippen LogP contribution in [0.1, 0.15) is 17.2 Å². The molecule has 0 saturated heterocycles. The lowest BCUT2D eigenvalue weighted by atomic mass is 10.1. The van der Waals surface area contributed by atoms with Crippen LogP contribution in [0, 0.1) is 17.0 Å². The number of benzene rings is 2. The van der Waals surface area contributed by atoms with Crippen molar-refractivity contribution in [2.75, 3.05) is 5.32 Å². The summed E-state index contributed by atoms with van der Waals surface area (Å²) in [6.45, 7) is 1.72. The van der Waals surface area contributed by atoms with E-state index in [1.54, 1.807) is 43.3 Å². The van der Waals surface area contributed by atoms with Crippen LogP contribution in [-0.4, -0.2) is 16.0 Å². The number of nitrogens with zero attached hydrogens (tertiary/aromatic N) is 1. The summed E-state index contributed by atoms with van der Waals surface area (Å²) in [6, 6.07) is 12.1. The van der Waals surface area contributed by atoms with Gasteiger partial charge >= 0.3 is 5.97 Å². The second-order valence-electron chi connectivity index (χ2n) is 4.64. The minimum Gasteiger partial charge on any atom is -0.479 e. The first-order valence-electron chi connectivity index (χ1n) is 6.28. The van der Waals surface area contributed by atoms with Gasteiger partial charge in [-0.25, -0.2) is 4.79 Å². The smallest absolute Gasteiger partial charge is 0.330 e. The van der Waals surface area contributed by atoms with Crippen molar-refractivity contribution in [2.45, 2.75) is 13.0 Å². The fourth-order valence-corrected chi connectivity index (χ4v) is 2.05. The molecule has 0 aromatic heterocycles. The molecule has 6 nitrogen and oxygen atoms in total. The Morgan fingerprint density at radius 2 is 1.90 bits per heavy atom.